The van der Waals surface area contributed by atoms with Gasteiger partial charge in [0.05, 0.1) is 0 Å². The van der Waals surface area contributed by atoms with Gasteiger partial charge in [0.1, 0.15) is 6.10 Å². The van der Waals surface area contributed by atoms with Crippen molar-refractivity contribution in [2.24, 2.45) is 38.9 Å². The number of ether oxygens (including phenoxy) is 1. The molecule has 0 unspecified atom stereocenters. The second kappa shape index (κ2) is 6.24. The molecule has 2 nitrogen and oxygen atoms in total. The molecule has 0 spiro atoms. The van der Waals surface area contributed by atoms with E-state index in [0.29, 0.717) is 27.1 Å². The van der Waals surface area contributed by atoms with Gasteiger partial charge in [0.15, 0.2) is 0 Å². The van der Waals surface area contributed by atoms with Gasteiger partial charge in [-0.1, -0.05) is 48.0 Å². The number of hydrogen-bond donors (Lipinski definition) is 0. The van der Waals surface area contributed by atoms with Crippen LogP contribution in [0.1, 0.15) is 113 Å². The molecule has 0 aliphatic heterocycles. The topological polar surface area (TPSA) is 26.3 Å². The Kier molecular flexibility index (Phi) is 4.62. The summed E-state index contributed by atoms with van der Waals surface area (Å²) in [5, 5.41) is 0. The smallest absolute Gasteiger partial charge is 0.302 e. The van der Waals surface area contributed by atoms with Gasteiger partial charge in [0, 0.05) is 6.92 Å². The summed E-state index contributed by atoms with van der Waals surface area (Å²) in [5.41, 5.74) is 2.24. The van der Waals surface area contributed by atoms with Crippen LogP contribution in [0.4, 0.5) is 0 Å². The maximum Gasteiger partial charge on any atom is 0.302 e. The third kappa shape index (κ3) is 2.41. The monoisotopic (exact) mass is 388 g/mol. The molecule has 0 heterocycles. The first-order chi connectivity index (χ1) is 12.9. The summed E-state index contributed by atoms with van der Waals surface area (Å²) < 4.78 is 5.69. The summed E-state index contributed by atoms with van der Waals surface area (Å²) in [7, 11) is 0. The second-order valence-electron chi connectivity index (χ2n) is 12.4. The maximum absolute atomic E-state index is 11.6. The van der Waals surface area contributed by atoms with E-state index in [-0.39, 0.29) is 12.1 Å². The fourth-order valence-corrected chi connectivity index (χ4v) is 9.33. The molecular formula is C26H44O2. The van der Waals surface area contributed by atoms with Gasteiger partial charge in [-0.05, 0) is 96.7 Å². The van der Waals surface area contributed by atoms with Crippen LogP contribution in [0.15, 0.2) is 0 Å². The number of rotatable bonds is 2. The highest BCUT2D eigenvalue weighted by Gasteiger charge is 2.69. The lowest BCUT2D eigenvalue weighted by atomic mass is 9.36. The minimum atomic E-state index is -0.100. The molecule has 0 aromatic carbocycles. The second-order valence-corrected chi connectivity index (χ2v) is 12.4. The van der Waals surface area contributed by atoms with Gasteiger partial charge in [-0.3, -0.25) is 4.79 Å². The van der Waals surface area contributed by atoms with E-state index in [1.165, 1.54) is 51.4 Å². The zero-order valence-corrected chi connectivity index (χ0v) is 19.6. The minimum absolute atomic E-state index is 0.100. The summed E-state index contributed by atoms with van der Waals surface area (Å²) in [5.74, 6) is 1.63. The highest BCUT2D eigenvalue weighted by atomic mass is 16.5. The van der Waals surface area contributed by atoms with Crippen LogP contribution >= 0.6 is 0 Å². The quantitative estimate of drug-likeness (QED) is 0.469. The van der Waals surface area contributed by atoms with Crippen LogP contribution in [0.25, 0.3) is 0 Å². The van der Waals surface area contributed by atoms with Gasteiger partial charge in [-0.15, -0.1) is 0 Å². The van der Waals surface area contributed by atoms with Crippen LogP contribution in [0.2, 0.25) is 0 Å². The van der Waals surface area contributed by atoms with E-state index in [9.17, 15) is 4.79 Å². The van der Waals surface area contributed by atoms with Crippen molar-refractivity contribution in [3.63, 3.8) is 0 Å². The summed E-state index contributed by atoms with van der Waals surface area (Å²) >= 11 is 0. The zero-order chi connectivity index (χ0) is 20.6. The molecule has 4 aliphatic rings. The van der Waals surface area contributed by atoms with Crippen molar-refractivity contribution in [2.45, 2.75) is 119 Å². The first kappa shape index (κ1) is 20.7. The van der Waals surface area contributed by atoms with Crippen molar-refractivity contribution in [3.05, 3.63) is 0 Å². The Morgan fingerprint density at radius 2 is 1.50 bits per heavy atom. The molecule has 2 heteroatoms. The lowest BCUT2D eigenvalue weighted by molar-refractivity contribution is -0.207. The van der Waals surface area contributed by atoms with Crippen molar-refractivity contribution < 1.29 is 9.53 Å². The lowest BCUT2D eigenvalue weighted by Gasteiger charge is -2.68. The molecule has 28 heavy (non-hydrogen) atoms. The third-order valence-electron chi connectivity index (χ3n) is 12.0. The molecule has 0 aromatic rings. The average Bonchev–Trinajstić information content (AvgIpc) is 2.84. The molecule has 0 N–H and O–H groups in total. The minimum Gasteiger partial charge on any atom is -0.463 e. The SMILES string of the molecule is CC[C@@]1(C)CC[C@@]2(C)[C@@H]3CC[C@@]4(C)C[C@@H](OC(C)=O)CC[C@]4(C)[C@H]3CC[C@]12C. The molecule has 0 radical (unpaired) electrons. The van der Waals surface area contributed by atoms with E-state index in [1.807, 2.05) is 0 Å². The van der Waals surface area contributed by atoms with Crippen LogP contribution in [0.3, 0.4) is 0 Å². The van der Waals surface area contributed by atoms with Crippen molar-refractivity contribution in [1.29, 1.82) is 0 Å². The summed E-state index contributed by atoms with van der Waals surface area (Å²) in [6.45, 7) is 17.1. The average molecular weight is 389 g/mol. The molecule has 4 aliphatic carbocycles. The molecule has 4 rings (SSSR count). The van der Waals surface area contributed by atoms with Crippen molar-refractivity contribution >= 4 is 5.97 Å². The van der Waals surface area contributed by atoms with E-state index in [0.717, 1.165) is 24.7 Å². The molecule has 160 valence electrons. The lowest BCUT2D eigenvalue weighted by Crippen LogP contribution is -2.61. The Balaban J connectivity index is 1.65. The van der Waals surface area contributed by atoms with Crippen LogP contribution in [-0.2, 0) is 9.53 Å². The molecule has 4 fully saturated rings. The van der Waals surface area contributed by atoms with Gasteiger partial charge >= 0.3 is 5.97 Å². The summed E-state index contributed by atoms with van der Waals surface area (Å²) in [6, 6.07) is 0. The molecule has 0 aromatic heterocycles. The molecule has 0 amide bonds. The fraction of sp³-hybridized carbons (Fsp3) is 0.962. The number of hydrogen-bond acceptors (Lipinski definition) is 2. The highest BCUT2D eigenvalue weighted by molar-refractivity contribution is 5.66. The molecular weight excluding hydrogens is 344 g/mol. The predicted octanol–water partition coefficient (Wildman–Crippen LogP) is 7.16. The first-order valence-corrected chi connectivity index (χ1v) is 12.1. The fourth-order valence-electron chi connectivity index (χ4n) is 9.33. The van der Waals surface area contributed by atoms with Gasteiger partial charge in [0.2, 0.25) is 0 Å². The number of carbonyl (C=O) groups is 1. The van der Waals surface area contributed by atoms with Crippen LogP contribution in [0, 0.1) is 38.9 Å². The van der Waals surface area contributed by atoms with Gasteiger partial charge in [-0.25, -0.2) is 0 Å². The van der Waals surface area contributed by atoms with Gasteiger partial charge in [-0.2, -0.15) is 0 Å². The van der Waals surface area contributed by atoms with E-state index in [4.69, 9.17) is 4.74 Å². The van der Waals surface area contributed by atoms with E-state index < -0.39 is 0 Å². The Morgan fingerprint density at radius 3 is 2.14 bits per heavy atom. The molecule has 0 bridgehead atoms. The maximum atomic E-state index is 11.6. The number of fused-ring (bicyclic) bond motifs is 5. The Morgan fingerprint density at radius 1 is 0.857 bits per heavy atom. The Hall–Kier alpha value is -0.530. The summed E-state index contributed by atoms with van der Waals surface area (Å²) in [6.07, 6.45) is 13.2. The predicted molar refractivity (Wildman–Crippen MR) is 115 cm³/mol. The number of esters is 1. The third-order valence-corrected chi connectivity index (χ3v) is 12.0. The Bertz CT molecular complexity index is 657. The zero-order valence-electron chi connectivity index (χ0n) is 19.6. The van der Waals surface area contributed by atoms with Crippen molar-refractivity contribution in [2.75, 3.05) is 0 Å². The van der Waals surface area contributed by atoms with E-state index in [2.05, 4.69) is 41.5 Å². The summed E-state index contributed by atoms with van der Waals surface area (Å²) in [4.78, 5) is 11.6. The van der Waals surface area contributed by atoms with Crippen LogP contribution in [0.5, 0.6) is 0 Å². The van der Waals surface area contributed by atoms with Crippen LogP contribution in [-0.4, -0.2) is 12.1 Å². The normalized spacial score (nSPS) is 55.8. The molecule has 4 saturated carbocycles. The van der Waals surface area contributed by atoms with E-state index in [1.54, 1.807) is 6.92 Å². The van der Waals surface area contributed by atoms with Crippen molar-refractivity contribution in [1.82, 2.24) is 0 Å². The van der Waals surface area contributed by atoms with E-state index >= 15 is 0 Å². The Labute approximate surface area is 173 Å². The van der Waals surface area contributed by atoms with Gasteiger partial charge in [0.25, 0.3) is 0 Å². The highest BCUT2D eigenvalue weighted by Crippen LogP contribution is 2.77. The largest absolute Gasteiger partial charge is 0.463 e. The first-order valence-electron chi connectivity index (χ1n) is 12.1. The number of carbonyl (C=O) groups excluding carboxylic acids is 1. The van der Waals surface area contributed by atoms with Gasteiger partial charge < -0.3 is 4.74 Å². The standard InChI is InChI=1S/C26H44O2/c1-8-22(3)15-16-25(6)21-10-12-23(4)17-19(28-18(2)27)9-13-24(23,5)20(21)11-14-26(22,25)7/h19-21H,8-17H2,1-7H3/t19-,20-,21+,22-,23-,24+,25-,26+/m0/s1. The molecule has 8 atom stereocenters. The van der Waals surface area contributed by atoms with Crippen LogP contribution < -0.4 is 0 Å². The molecule has 0 saturated heterocycles. The van der Waals surface area contributed by atoms with Crippen molar-refractivity contribution in [3.8, 4) is 0 Å².